The van der Waals surface area contributed by atoms with Crippen LogP contribution in [0.4, 0.5) is 0 Å². The van der Waals surface area contributed by atoms with Crippen LogP contribution in [0.3, 0.4) is 0 Å². The van der Waals surface area contributed by atoms with Gasteiger partial charge < -0.3 is 15.2 Å². The van der Waals surface area contributed by atoms with Gasteiger partial charge in [-0.25, -0.2) is 0 Å². The smallest absolute Gasteiger partial charge is 0.261 e. The van der Waals surface area contributed by atoms with Crippen molar-refractivity contribution in [3.05, 3.63) is 17.7 Å². The lowest BCUT2D eigenvalue weighted by atomic mass is 10.1. The highest BCUT2D eigenvalue weighted by atomic mass is 16.5. The van der Waals surface area contributed by atoms with E-state index in [0.717, 1.165) is 30.9 Å². The van der Waals surface area contributed by atoms with Crippen LogP contribution < -0.4 is 5.73 Å². The molecule has 2 aromatic heterocycles. The molecule has 7 nitrogen and oxygen atoms in total. The van der Waals surface area contributed by atoms with Gasteiger partial charge in [-0.15, -0.1) is 0 Å². The van der Waals surface area contributed by atoms with Gasteiger partial charge in [0, 0.05) is 12.2 Å². The number of H-pyrrole nitrogens is 1. The second kappa shape index (κ2) is 5.72. The molecule has 1 aliphatic rings. The third-order valence-electron chi connectivity index (χ3n) is 3.74. The Morgan fingerprint density at radius 3 is 2.90 bits per heavy atom. The minimum atomic E-state index is -0.210. The Labute approximate surface area is 117 Å². The maximum atomic E-state index is 6.18. The summed E-state index contributed by atoms with van der Waals surface area (Å²) in [5.41, 5.74) is 7.92. The lowest BCUT2D eigenvalue weighted by Gasteiger charge is -2.27. The molecule has 20 heavy (non-hydrogen) atoms. The Morgan fingerprint density at radius 1 is 1.40 bits per heavy atom. The quantitative estimate of drug-likeness (QED) is 0.872. The molecule has 2 aromatic rings. The Bertz CT molecular complexity index is 557. The van der Waals surface area contributed by atoms with Crippen LogP contribution in [0.25, 0.3) is 11.5 Å². The highest BCUT2D eigenvalue weighted by Gasteiger charge is 2.20. The molecule has 0 aromatic carbocycles. The number of piperidine rings is 1. The van der Waals surface area contributed by atoms with Crippen LogP contribution in [0.1, 0.15) is 36.8 Å². The summed E-state index contributed by atoms with van der Waals surface area (Å²) in [5, 5.41) is 10.8. The molecule has 1 unspecified atom stereocenters. The molecule has 3 rings (SSSR count). The van der Waals surface area contributed by atoms with E-state index in [1.165, 1.54) is 19.3 Å². The summed E-state index contributed by atoms with van der Waals surface area (Å²) in [6.07, 6.45) is 5.50. The summed E-state index contributed by atoms with van der Waals surface area (Å²) in [6.45, 7) is 4.92. The number of nitrogens with one attached hydrogen (secondary N) is 1. The molecule has 1 saturated heterocycles. The first-order chi connectivity index (χ1) is 9.74. The molecule has 1 aliphatic heterocycles. The van der Waals surface area contributed by atoms with Gasteiger partial charge in [-0.05, 0) is 32.9 Å². The molecule has 0 radical (unpaired) electrons. The number of aromatic nitrogens is 4. The third-order valence-corrected chi connectivity index (χ3v) is 3.74. The van der Waals surface area contributed by atoms with Gasteiger partial charge in [-0.1, -0.05) is 11.6 Å². The summed E-state index contributed by atoms with van der Waals surface area (Å²) >= 11 is 0. The number of nitrogens with zero attached hydrogens (tertiary/aromatic N) is 4. The van der Waals surface area contributed by atoms with Crippen LogP contribution in [0.2, 0.25) is 0 Å². The van der Waals surface area contributed by atoms with Gasteiger partial charge in [0.05, 0.1) is 17.8 Å². The molecule has 0 bridgehead atoms. The molecule has 7 heteroatoms. The zero-order valence-electron chi connectivity index (χ0n) is 11.7. The zero-order valence-corrected chi connectivity index (χ0v) is 11.7. The summed E-state index contributed by atoms with van der Waals surface area (Å²) in [4.78, 5) is 6.76. The zero-order chi connectivity index (χ0) is 13.9. The number of hydrogen-bond acceptors (Lipinski definition) is 6. The minimum absolute atomic E-state index is 0.210. The van der Waals surface area contributed by atoms with Crippen molar-refractivity contribution in [2.45, 2.75) is 32.2 Å². The Kier molecular flexibility index (Phi) is 3.79. The Balaban J connectivity index is 1.68. The first-order valence-electron chi connectivity index (χ1n) is 7.06. The van der Waals surface area contributed by atoms with E-state index in [1.807, 2.05) is 6.92 Å². The monoisotopic (exact) mass is 276 g/mol. The van der Waals surface area contributed by atoms with E-state index >= 15 is 0 Å². The number of likely N-dealkylation sites (tertiary alicyclic amines) is 1. The molecule has 3 heterocycles. The Morgan fingerprint density at radius 2 is 2.20 bits per heavy atom. The average molecular weight is 276 g/mol. The fourth-order valence-corrected chi connectivity index (χ4v) is 2.56. The summed E-state index contributed by atoms with van der Waals surface area (Å²) in [6, 6.07) is -0.210. The highest BCUT2D eigenvalue weighted by Crippen LogP contribution is 2.21. The van der Waals surface area contributed by atoms with Crippen LogP contribution in [-0.2, 0) is 0 Å². The van der Waals surface area contributed by atoms with Crippen molar-refractivity contribution in [1.29, 1.82) is 0 Å². The topological polar surface area (TPSA) is 96.9 Å². The molecule has 108 valence electrons. The predicted molar refractivity (Wildman–Crippen MR) is 73.8 cm³/mol. The van der Waals surface area contributed by atoms with Crippen LogP contribution in [0, 0.1) is 6.92 Å². The van der Waals surface area contributed by atoms with Crippen LogP contribution in [-0.4, -0.2) is 44.9 Å². The minimum Gasteiger partial charge on any atom is -0.334 e. The van der Waals surface area contributed by atoms with Gasteiger partial charge in [0.15, 0.2) is 5.82 Å². The number of aryl methyl sites for hydroxylation is 1. The highest BCUT2D eigenvalue weighted by molar-refractivity contribution is 5.54. The van der Waals surface area contributed by atoms with Crippen LogP contribution in [0.15, 0.2) is 10.7 Å². The average Bonchev–Trinajstić information content (AvgIpc) is 3.08. The molecule has 0 aliphatic carbocycles. The number of aromatic amines is 1. The lowest BCUT2D eigenvalue weighted by molar-refractivity contribution is 0.213. The van der Waals surface area contributed by atoms with Gasteiger partial charge in [0.2, 0.25) is 0 Å². The van der Waals surface area contributed by atoms with E-state index < -0.39 is 0 Å². The summed E-state index contributed by atoms with van der Waals surface area (Å²) in [7, 11) is 0. The fraction of sp³-hybridized carbons (Fsp3) is 0.615. The van der Waals surface area contributed by atoms with E-state index in [9.17, 15) is 0 Å². The van der Waals surface area contributed by atoms with Crippen LogP contribution in [0.5, 0.6) is 0 Å². The van der Waals surface area contributed by atoms with Crippen LogP contribution >= 0.6 is 0 Å². The molecular formula is C13H20N6O. The predicted octanol–water partition coefficient (Wildman–Crippen LogP) is 1.25. The van der Waals surface area contributed by atoms with Gasteiger partial charge in [-0.2, -0.15) is 10.1 Å². The van der Waals surface area contributed by atoms with E-state index in [2.05, 4.69) is 25.2 Å². The largest absolute Gasteiger partial charge is 0.334 e. The lowest BCUT2D eigenvalue weighted by Crippen LogP contribution is -2.36. The number of nitrogens with two attached hydrogens (primary N) is 1. The normalized spacial score (nSPS) is 18.3. The van der Waals surface area contributed by atoms with Crippen molar-refractivity contribution in [2.24, 2.45) is 5.73 Å². The van der Waals surface area contributed by atoms with Gasteiger partial charge in [-0.3, -0.25) is 5.10 Å². The molecule has 0 amide bonds. The van der Waals surface area contributed by atoms with Crippen molar-refractivity contribution in [2.75, 3.05) is 19.6 Å². The van der Waals surface area contributed by atoms with Crippen molar-refractivity contribution in [3.63, 3.8) is 0 Å². The van der Waals surface area contributed by atoms with E-state index in [4.69, 9.17) is 10.3 Å². The molecule has 0 spiro atoms. The van der Waals surface area contributed by atoms with Gasteiger partial charge in [0.25, 0.3) is 5.89 Å². The van der Waals surface area contributed by atoms with Crippen molar-refractivity contribution in [1.82, 2.24) is 25.2 Å². The number of rotatable bonds is 4. The van der Waals surface area contributed by atoms with E-state index in [-0.39, 0.29) is 6.04 Å². The molecular weight excluding hydrogens is 256 g/mol. The standard InChI is InChI=1S/C13H20N6O/c1-9-10(7-15-17-9)13-16-12(18-20-13)11(14)8-19-5-3-2-4-6-19/h7,11H,2-6,8,14H2,1H3,(H,15,17). The van der Waals surface area contributed by atoms with Gasteiger partial charge >= 0.3 is 0 Å². The second-order valence-electron chi connectivity index (χ2n) is 5.33. The SMILES string of the molecule is Cc1[nH]ncc1-c1nc(C(N)CN2CCCCC2)no1. The summed E-state index contributed by atoms with van der Waals surface area (Å²) < 4.78 is 5.28. The summed E-state index contributed by atoms with van der Waals surface area (Å²) in [5.74, 6) is 1.03. The van der Waals surface area contributed by atoms with E-state index in [1.54, 1.807) is 6.20 Å². The molecule has 0 saturated carbocycles. The van der Waals surface area contributed by atoms with Crippen molar-refractivity contribution in [3.8, 4) is 11.5 Å². The molecule has 3 N–H and O–H groups in total. The third kappa shape index (κ3) is 2.73. The Hall–Kier alpha value is -1.73. The van der Waals surface area contributed by atoms with Gasteiger partial charge in [0.1, 0.15) is 0 Å². The maximum Gasteiger partial charge on any atom is 0.261 e. The first kappa shape index (κ1) is 13.3. The van der Waals surface area contributed by atoms with Crippen molar-refractivity contribution < 1.29 is 4.52 Å². The molecule has 1 fully saturated rings. The first-order valence-corrected chi connectivity index (χ1v) is 7.06. The number of hydrogen-bond donors (Lipinski definition) is 2. The van der Waals surface area contributed by atoms with E-state index in [0.29, 0.717) is 11.7 Å². The molecule has 1 atom stereocenters. The fourth-order valence-electron chi connectivity index (χ4n) is 2.56. The second-order valence-corrected chi connectivity index (χ2v) is 5.33. The maximum absolute atomic E-state index is 6.18. The van der Waals surface area contributed by atoms with Crippen molar-refractivity contribution >= 4 is 0 Å².